The van der Waals surface area contributed by atoms with Crippen molar-refractivity contribution in [2.45, 2.75) is 35.8 Å². The third-order valence-electron chi connectivity index (χ3n) is 2.59. The first-order valence-electron chi connectivity index (χ1n) is 5.25. The third-order valence-corrected chi connectivity index (χ3v) is 3.40. The molecule has 1 nitrogen and oxygen atoms in total. The zero-order valence-corrected chi connectivity index (χ0v) is 13.0. The van der Waals surface area contributed by atoms with Gasteiger partial charge in [0.05, 0.1) is 10.2 Å². The Balaban J connectivity index is 6.50. The molecule has 16 heteroatoms. The van der Waals surface area contributed by atoms with Gasteiger partial charge in [-0.15, -0.1) is 0 Å². The van der Waals surface area contributed by atoms with E-state index in [1.165, 1.54) is 0 Å². The van der Waals surface area contributed by atoms with Crippen LogP contribution in [0.3, 0.4) is 0 Å². The van der Waals surface area contributed by atoms with Gasteiger partial charge in [-0.1, -0.05) is 0 Å². The van der Waals surface area contributed by atoms with Crippen LogP contribution in [0.1, 0.15) is 0 Å². The molecular formula is C9H3F14IO. The van der Waals surface area contributed by atoms with Crippen molar-refractivity contribution in [1.29, 1.82) is 0 Å². The maximum atomic E-state index is 13.1. The van der Waals surface area contributed by atoms with E-state index in [1.54, 1.807) is 0 Å². The minimum Gasteiger partial charge on any atom is -0.391 e. The Labute approximate surface area is 141 Å². The average Bonchev–Trinajstić information content (AvgIpc) is 2.43. The summed E-state index contributed by atoms with van der Waals surface area (Å²) in [6.07, 6.45) is -7.53. The maximum Gasteiger partial charge on any atom is 0.460 e. The molecule has 0 saturated heterocycles. The molecule has 0 bridgehead atoms. The summed E-state index contributed by atoms with van der Waals surface area (Å²) in [5, 5.41) is 8.24. The Kier molecular flexibility index (Phi) is 6.41. The molecule has 0 aliphatic heterocycles. The molecule has 0 aliphatic rings. The molecule has 1 N–H and O–H groups in total. The van der Waals surface area contributed by atoms with Gasteiger partial charge in [-0.05, 0) is 22.6 Å². The quantitative estimate of drug-likeness (QED) is 0.371. The Bertz CT molecular complexity index is 533. The number of rotatable bonds is 6. The number of hydrogen-bond donors (Lipinski definition) is 1. The smallest absolute Gasteiger partial charge is 0.391 e. The first-order valence-corrected chi connectivity index (χ1v) is 6.33. The Morgan fingerprint density at radius 1 is 0.640 bits per heavy atom. The third kappa shape index (κ3) is 3.39. The van der Waals surface area contributed by atoms with Crippen LogP contribution in [0.2, 0.25) is 0 Å². The van der Waals surface area contributed by atoms with E-state index in [-0.39, 0.29) is 0 Å². The highest BCUT2D eigenvalue weighted by molar-refractivity contribution is 14.1. The molecule has 0 aromatic rings. The van der Waals surface area contributed by atoms with Crippen molar-refractivity contribution in [2.75, 3.05) is 6.61 Å². The molecule has 0 saturated carbocycles. The van der Waals surface area contributed by atoms with Crippen LogP contribution >= 0.6 is 22.6 Å². The second-order valence-electron chi connectivity index (χ2n) is 4.25. The summed E-state index contributed by atoms with van der Waals surface area (Å²) in [5.41, 5.74) is 0. The maximum absolute atomic E-state index is 13.1. The van der Waals surface area contributed by atoms with Crippen LogP contribution in [-0.4, -0.2) is 47.5 Å². The number of halogens is 15. The van der Waals surface area contributed by atoms with Gasteiger partial charge in [0, 0.05) is 0 Å². The number of hydrogen-bond acceptors (Lipinski definition) is 1. The molecule has 0 aromatic carbocycles. The fourth-order valence-corrected chi connectivity index (χ4v) is 1.49. The van der Waals surface area contributed by atoms with Crippen molar-refractivity contribution in [1.82, 2.24) is 0 Å². The lowest BCUT2D eigenvalue weighted by atomic mass is 9.93. The summed E-state index contributed by atoms with van der Waals surface area (Å²) in [7, 11) is 0. The van der Waals surface area contributed by atoms with Gasteiger partial charge in [-0.3, -0.25) is 0 Å². The molecule has 0 spiro atoms. The van der Waals surface area contributed by atoms with E-state index >= 15 is 0 Å². The molecular weight excluding hydrogens is 517 g/mol. The van der Waals surface area contributed by atoms with Crippen molar-refractivity contribution in [3.8, 4) is 0 Å². The largest absolute Gasteiger partial charge is 0.460 e. The van der Waals surface area contributed by atoms with Gasteiger partial charge in [-0.25, -0.2) is 4.39 Å². The predicted molar refractivity (Wildman–Crippen MR) is 60.0 cm³/mol. The van der Waals surface area contributed by atoms with Crippen molar-refractivity contribution < 1.29 is 66.6 Å². The molecule has 0 aromatic heterocycles. The van der Waals surface area contributed by atoms with Gasteiger partial charge >= 0.3 is 35.8 Å². The van der Waals surface area contributed by atoms with Crippen LogP contribution in [0.25, 0.3) is 0 Å². The Morgan fingerprint density at radius 2 is 0.960 bits per heavy atom. The molecule has 0 heterocycles. The molecule has 0 radical (unpaired) electrons. The first-order chi connectivity index (χ1) is 10.6. The average molecular weight is 520 g/mol. The lowest BCUT2D eigenvalue weighted by Gasteiger charge is -2.39. The molecule has 150 valence electrons. The van der Waals surface area contributed by atoms with Crippen LogP contribution in [0.5, 0.6) is 0 Å². The summed E-state index contributed by atoms with van der Waals surface area (Å²) in [4.78, 5) is 0. The van der Waals surface area contributed by atoms with Crippen LogP contribution in [-0.2, 0) is 0 Å². The Hall–Kier alpha value is -0.550. The molecule has 0 atom stereocenters. The normalized spacial score (nSPS) is 16.8. The van der Waals surface area contributed by atoms with E-state index in [2.05, 4.69) is 0 Å². The molecule has 0 aliphatic carbocycles. The minimum absolute atomic E-state index is 0.356. The van der Waals surface area contributed by atoms with Crippen LogP contribution in [0, 0.1) is 0 Å². The predicted octanol–water partition coefficient (Wildman–Crippen LogP) is 5.33. The number of aliphatic hydroxyl groups excluding tert-OH is 1. The van der Waals surface area contributed by atoms with Crippen molar-refractivity contribution in [3.63, 3.8) is 0 Å². The summed E-state index contributed by atoms with van der Waals surface area (Å²) < 4.78 is 176. The van der Waals surface area contributed by atoms with Crippen LogP contribution in [0.4, 0.5) is 61.5 Å². The van der Waals surface area contributed by atoms with E-state index in [4.69, 9.17) is 5.11 Å². The van der Waals surface area contributed by atoms with E-state index < -0.39 is 51.8 Å². The van der Waals surface area contributed by atoms with E-state index in [0.29, 0.717) is 22.6 Å². The van der Waals surface area contributed by atoms with Gasteiger partial charge in [0.15, 0.2) is 5.83 Å². The van der Waals surface area contributed by atoms with Gasteiger partial charge in [0.1, 0.15) is 0 Å². The van der Waals surface area contributed by atoms with Gasteiger partial charge in [-0.2, -0.15) is 57.1 Å². The number of alkyl halides is 13. The highest BCUT2D eigenvalue weighted by Gasteiger charge is 2.91. The standard InChI is InChI=1S/C9H3F14IO/c10-3(2(24)1-25)4(11,12)5(13,14)6(15,16)7(17,18)8(19,20)9(21,22)23/h25H,1H2. The number of allylic oxidation sites excluding steroid dienone is 1. The molecule has 25 heavy (non-hydrogen) atoms. The second-order valence-corrected chi connectivity index (χ2v) is 5.55. The lowest BCUT2D eigenvalue weighted by Crippen LogP contribution is -2.70. The molecule has 0 rings (SSSR count). The monoisotopic (exact) mass is 520 g/mol. The van der Waals surface area contributed by atoms with E-state index in [1.807, 2.05) is 0 Å². The topological polar surface area (TPSA) is 20.2 Å². The second kappa shape index (κ2) is 6.56. The van der Waals surface area contributed by atoms with Gasteiger partial charge < -0.3 is 5.11 Å². The fraction of sp³-hybridized carbons (Fsp3) is 0.778. The summed E-state index contributed by atoms with van der Waals surface area (Å²) in [6, 6.07) is 0. The first kappa shape index (κ1) is 24.5. The van der Waals surface area contributed by atoms with E-state index in [9.17, 15) is 61.5 Å². The number of aliphatic hydroxyl groups is 1. The Morgan fingerprint density at radius 3 is 1.24 bits per heavy atom. The highest BCUT2D eigenvalue weighted by Crippen LogP contribution is 2.61. The van der Waals surface area contributed by atoms with Crippen molar-refractivity contribution >= 4 is 22.6 Å². The molecule has 0 amide bonds. The van der Waals surface area contributed by atoms with Gasteiger partial charge in [0.2, 0.25) is 0 Å². The highest BCUT2D eigenvalue weighted by atomic mass is 127. The fourth-order valence-electron chi connectivity index (χ4n) is 1.15. The summed E-state index contributed by atoms with van der Waals surface area (Å²) in [5.74, 6) is -42.3. The summed E-state index contributed by atoms with van der Waals surface area (Å²) in [6.45, 7) is -1.82. The SMILES string of the molecule is OCC(I)=C(F)C(F)(F)C(F)(F)C(F)(F)C(F)(F)C(F)(F)C(F)(F)F. The van der Waals surface area contributed by atoms with Crippen molar-refractivity contribution in [2.24, 2.45) is 0 Å². The van der Waals surface area contributed by atoms with Gasteiger partial charge in [0.25, 0.3) is 0 Å². The van der Waals surface area contributed by atoms with Crippen molar-refractivity contribution in [3.05, 3.63) is 9.41 Å². The molecule has 0 unspecified atom stereocenters. The lowest BCUT2D eigenvalue weighted by molar-refractivity contribution is -0.437. The zero-order chi connectivity index (χ0) is 20.9. The molecule has 0 fully saturated rings. The van der Waals surface area contributed by atoms with Crippen LogP contribution < -0.4 is 0 Å². The summed E-state index contributed by atoms with van der Waals surface area (Å²) >= 11 is 0.356. The van der Waals surface area contributed by atoms with Crippen LogP contribution in [0.15, 0.2) is 9.41 Å². The minimum atomic E-state index is -8.09. The van der Waals surface area contributed by atoms with E-state index in [0.717, 1.165) is 0 Å². The zero-order valence-electron chi connectivity index (χ0n) is 10.8.